The van der Waals surface area contributed by atoms with Gasteiger partial charge in [0.15, 0.2) is 0 Å². The smallest absolute Gasteiger partial charge is 0.214 e. The van der Waals surface area contributed by atoms with E-state index in [4.69, 9.17) is 11.6 Å². The van der Waals surface area contributed by atoms with E-state index in [2.05, 4.69) is 38.7 Å². The molecule has 9 heteroatoms. The number of phenols is 1. The number of hydrogen-bond acceptors (Lipinski definition) is 7. The predicted octanol–water partition coefficient (Wildman–Crippen LogP) is 4.58. The predicted molar refractivity (Wildman–Crippen MR) is 109 cm³/mol. The standard InChI is InChI=1S/C18H14ClN5OS2/c1-26-15-7-2-11-8-12(17(19)20-16(11)9-15)10-27-18-21-22-23-24(18)13-3-5-14(25)6-4-13/h2-9,25H,10H2,1H3. The van der Waals surface area contributed by atoms with Gasteiger partial charge in [0.25, 0.3) is 0 Å². The van der Waals surface area contributed by atoms with E-state index in [1.165, 1.54) is 11.8 Å². The zero-order chi connectivity index (χ0) is 18.8. The summed E-state index contributed by atoms with van der Waals surface area (Å²) >= 11 is 9.54. The SMILES string of the molecule is CSc1ccc2cc(CSc3nnnn3-c3ccc(O)cc3)c(Cl)nc2c1. The molecular formula is C18H14ClN5OS2. The lowest BCUT2D eigenvalue weighted by Crippen LogP contribution is -1.99. The van der Waals surface area contributed by atoms with Crippen molar-refractivity contribution in [1.82, 2.24) is 25.2 Å². The van der Waals surface area contributed by atoms with Gasteiger partial charge in [0.2, 0.25) is 5.16 Å². The summed E-state index contributed by atoms with van der Waals surface area (Å²) in [6.45, 7) is 0. The minimum Gasteiger partial charge on any atom is -0.508 e. The summed E-state index contributed by atoms with van der Waals surface area (Å²) in [6.07, 6.45) is 2.03. The number of hydrogen-bond donors (Lipinski definition) is 1. The van der Waals surface area contributed by atoms with Crippen molar-refractivity contribution in [3.63, 3.8) is 0 Å². The highest BCUT2D eigenvalue weighted by molar-refractivity contribution is 7.98. The van der Waals surface area contributed by atoms with Crippen LogP contribution in [-0.4, -0.2) is 36.6 Å². The molecule has 27 heavy (non-hydrogen) atoms. The van der Waals surface area contributed by atoms with Crippen LogP contribution in [0, 0.1) is 0 Å². The summed E-state index contributed by atoms with van der Waals surface area (Å²) in [4.78, 5) is 5.68. The molecule has 2 aromatic heterocycles. The summed E-state index contributed by atoms with van der Waals surface area (Å²) in [6, 6.07) is 14.9. The number of rotatable bonds is 5. The minimum atomic E-state index is 0.194. The fraction of sp³-hybridized carbons (Fsp3) is 0.111. The van der Waals surface area contributed by atoms with Crippen molar-refractivity contribution in [2.24, 2.45) is 0 Å². The van der Waals surface area contributed by atoms with Gasteiger partial charge in [0, 0.05) is 21.6 Å². The van der Waals surface area contributed by atoms with Crippen molar-refractivity contribution in [3.05, 3.63) is 59.2 Å². The van der Waals surface area contributed by atoms with Gasteiger partial charge in [-0.15, -0.1) is 16.9 Å². The van der Waals surface area contributed by atoms with E-state index in [1.807, 2.05) is 12.3 Å². The Kier molecular flexibility index (Phi) is 5.20. The van der Waals surface area contributed by atoms with Gasteiger partial charge >= 0.3 is 0 Å². The van der Waals surface area contributed by atoms with Gasteiger partial charge in [0.05, 0.1) is 11.2 Å². The molecule has 0 saturated carbocycles. The summed E-state index contributed by atoms with van der Waals surface area (Å²) in [5.41, 5.74) is 2.58. The Morgan fingerprint density at radius 1 is 1.11 bits per heavy atom. The molecule has 0 saturated heterocycles. The lowest BCUT2D eigenvalue weighted by Gasteiger charge is -2.07. The summed E-state index contributed by atoms with van der Waals surface area (Å²) in [7, 11) is 0. The monoisotopic (exact) mass is 415 g/mol. The average Bonchev–Trinajstić information content (AvgIpc) is 3.15. The van der Waals surface area contributed by atoms with E-state index >= 15 is 0 Å². The molecule has 0 fully saturated rings. The zero-order valence-electron chi connectivity index (χ0n) is 14.2. The van der Waals surface area contributed by atoms with Crippen LogP contribution in [0.15, 0.2) is 58.6 Å². The molecule has 0 unspecified atom stereocenters. The fourth-order valence-electron chi connectivity index (χ4n) is 2.56. The maximum atomic E-state index is 9.44. The molecule has 0 spiro atoms. The topological polar surface area (TPSA) is 76.7 Å². The first kappa shape index (κ1) is 18.1. The lowest BCUT2D eigenvalue weighted by atomic mass is 10.2. The van der Waals surface area contributed by atoms with Gasteiger partial charge in [-0.1, -0.05) is 29.4 Å². The van der Waals surface area contributed by atoms with E-state index in [0.717, 1.165) is 27.0 Å². The number of aromatic nitrogens is 5. The van der Waals surface area contributed by atoms with Crippen LogP contribution in [-0.2, 0) is 5.75 Å². The van der Waals surface area contributed by atoms with Crippen molar-refractivity contribution < 1.29 is 5.11 Å². The molecule has 0 amide bonds. The summed E-state index contributed by atoms with van der Waals surface area (Å²) in [5.74, 6) is 0.782. The Balaban J connectivity index is 1.58. The Labute approximate surface area is 169 Å². The van der Waals surface area contributed by atoms with Crippen LogP contribution >= 0.6 is 35.1 Å². The van der Waals surface area contributed by atoms with Crippen molar-refractivity contribution in [3.8, 4) is 11.4 Å². The maximum Gasteiger partial charge on any atom is 0.214 e. The fourth-order valence-corrected chi connectivity index (χ4v) is 4.15. The normalized spacial score (nSPS) is 11.2. The van der Waals surface area contributed by atoms with E-state index in [0.29, 0.717) is 16.1 Å². The van der Waals surface area contributed by atoms with E-state index in [-0.39, 0.29) is 5.75 Å². The first-order chi connectivity index (χ1) is 13.1. The van der Waals surface area contributed by atoms with Crippen LogP contribution in [0.1, 0.15) is 5.56 Å². The molecule has 1 N–H and O–H groups in total. The van der Waals surface area contributed by atoms with Crippen LogP contribution in [0.5, 0.6) is 5.75 Å². The third-order valence-electron chi connectivity index (χ3n) is 3.94. The summed E-state index contributed by atoms with van der Waals surface area (Å²) in [5, 5.41) is 23.5. The molecule has 0 atom stereocenters. The number of benzene rings is 2. The lowest BCUT2D eigenvalue weighted by molar-refractivity contribution is 0.475. The van der Waals surface area contributed by atoms with Crippen LogP contribution in [0.3, 0.4) is 0 Å². The number of thioether (sulfide) groups is 2. The Morgan fingerprint density at radius 2 is 1.93 bits per heavy atom. The second-order valence-electron chi connectivity index (χ2n) is 5.68. The number of pyridine rings is 1. The third-order valence-corrected chi connectivity index (χ3v) is 5.96. The Hall–Kier alpha value is -2.29. The molecule has 0 aliphatic heterocycles. The van der Waals surface area contributed by atoms with Gasteiger partial charge in [0.1, 0.15) is 10.9 Å². The van der Waals surface area contributed by atoms with Gasteiger partial charge < -0.3 is 5.11 Å². The van der Waals surface area contributed by atoms with Crippen molar-refractivity contribution in [2.45, 2.75) is 15.8 Å². The average molecular weight is 416 g/mol. The van der Waals surface area contributed by atoms with Crippen LogP contribution < -0.4 is 0 Å². The molecule has 2 aromatic carbocycles. The molecule has 4 aromatic rings. The van der Waals surface area contributed by atoms with Gasteiger partial charge in [-0.2, -0.15) is 4.68 Å². The number of tetrazole rings is 1. The van der Waals surface area contributed by atoms with E-state index < -0.39 is 0 Å². The highest BCUT2D eigenvalue weighted by atomic mass is 35.5. The summed E-state index contributed by atoms with van der Waals surface area (Å²) < 4.78 is 1.62. The Morgan fingerprint density at radius 3 is 2.70 bits per heavy atom. The molecular weight excluding hydrogens is 402 g/mol. The molecule has 6 nitrogen and oxygen atoms in total. The highest BCUT2D eigenvalue weighted by Crippen LogP contribution is 2.29. The largest absolute Gasteiger partial charge is 0.508 e. The first-order valence-electron chi connectivity index (χ1n) is 7.98. The maximum absolute atomic E-state index is 9.44. The third kappa shape index (κ3) is 3.87. The number of halogens is 1. The number of phenolic OH excluding ortho intramolecular Hbond substituents is 1. The first-order valence-corrected chi connectivity index (χ1v) is 10.6. The molecule has 2 heterocycles. The minimum absolute atomic E-state index is 0.194. The van der Waals surface area contributed by atoms with Crippen LogP contribution in [0.4, 0.5) is 0 Å². The zero-order valence-corrected chi connectivity index (χ0v) is 16.6. The second-order valence-corrected chi connectivity index (χ2v) is 7.86. The van der Waals surface area contributed by atoms with Gasteiger partial charge in [-0.05, 0) is 59.1 Å². The van der Waals surface area contributed by atoms with Gasteiger partial charge in [-0.3, -0.25) is 0 Å². The Bertz CT molecular complexity index is 1100. The molecule has 0 aliphatic carbocycles. The number of aromatic hydroxyl groups is 1. The molecule has 0 bridgehead atoms. The van der Waals surface area contributed by atoms with Gasteiger partial charge in [-0.25, -0.2) is 4.98 Å². The van der Waals surface area contributed by atoms with Crippen LogP contribution in [0.25, 0.3) is 16.6 Å². The van der Waals surface area contributed by atoms with Crippen molar-refractivity contribution in [2.75, 3.05) is 6.26 Å². The van der Waals surface area contributed by atoms with Crippen molar-refractivity contribution in [1.29, 1.82) is 0 Å². The molecule has 0 radical (unpaired) electrons. The molecule has 0 aliphatic rings. The van der Waals surface area contributed by atoms with Crippen molar-refractivity contribution >= 4 is 46.0 Å². The van der Waals surface area contributed by atoms with E-state index in [9.17, 15) is 5.11 Å². The second kappa shape index (κ2) is 7.75. The molecule has 4 rings (SSSR count). The highest BCUT2D eigenvalue weighted by Gasteiger charge is 2.12. The number of fused-ring (bicyclic) bond motifs is 1. The quantitative estimate of drug-likeness (QED) is 0.377. The molecule has 136 valence electrons. The van der Waals surface area contributed by atoms with Crippen LogP contribution in [0.2, 0.25) is 5.15 Å². The van der Waals surface area contributed by atoms with E-state index in [1.54, 1.807) is 40.7 Å². The number of nitrogens with zero attached hydrogens (tertiary/aromatic N) is 5.